The van der Waals surface area contributed by atoms with E-state index in [1.807, 2.05) is 19.2 Å². The van der Waals surface area contributed by atoms with Gasteiger partial charge in [-0.25, -0.2) is 0 Å². The van der Waals surface area contributed by atoms with Gasteiger partial charge in [0.05, 0.1) is 0 Å². The third kappa shape index (κ3) is 2.44. The van der Waals surface area contributed by atoms with Gasteiger partial charge in [-0.15, -0.1) is 0 Å². The molecule has 0 fully saturated rings. The number of nitrogens with zero attached hydrogens (tertiary/aromatic N) is 2. The van der Waals surface area contributed by atoms with Crippen LogP contribution in [0.1, 0.15) is 0 Å². The second-order valence-electron chi connectivity index (χ2n) is 1.90. The maximum atomic E-state index is 8.31. The predicted molar refractivity (Wildman–Crippen MR) is 40.7 cm³/mol. The van der Waals surface area contributed by atoms with Crippen LogP contribution in [-0.2, 0) is 0 Å². The highest BCUT2D eigenvalue weighted by Gasteiger charge is 2.00. The molecule has 1 aromatic rings. The highest BCUT2D eigenvalue weighted by atomic mass is 35.5. The summed E-state index contributed by atoms with van der Waals surface area (Å²) in [7, 11) is 1.84. The summed E-state index contributed by atoms with van der Waals surface area (Å²) < 4.78 is 0. The number of benzene rings is 1. The summed E-state index contributed by atoms with van der Waals surface area (Å²) >= 11 is 0. The summed E-state index contributed by atoms with van der Waals surface area (Å²) in [6.07, 6.45) is 0. The number of nitrogens with one attached hydrogen (secondary N) is 1. The highest BCUT2D eigenvalue weighted by Crippen LogP contribution is 2.14. The molecule has 58 valence electrons. The first-order chi connectivity index (χ1) is 4.86. The van der Waals surface area contributed by atoms with Gasteiger partial charge in [-0.1, -0.05) is 0 Å². The minimum absolute atomic E-state index is 0. The van der Waals surface area contributed by atoms with Crippen LogP contribution >= 0.6 is 0 Å². The lowest BCUT2D eigenvalue weighted by Crippen LogP contribution is -3.00. The molecule has 0 bridgehead atoms. The minimum atomic E-state index is 0. The minimum Gasteiger partial charge on any atom is -1.00 e. The molecule has 0 unspecified atom stereocenters. The van der Waals surface area contributed by atoms with Gasteiger partial charge < -0.3 is 17.7 Å². The van der Waals surface area contributed by atoms with E-state index in [9.17, 15) is 0 Å². The van der Waals surface area contributed by atoms with Crippen molar-refractivity contribution in [3.8, 4) is 0 Å². The Kier molecular flexibility index (Phi) is 4.01. The van der Waals surface area contributed by atoms with E-state index in [0.717, 1.165) is 5.69 Å². The van der Waals surface area contributed by atoms with Crippen LogP contribution in [-0.4, -0.2) is 7.05 Å². The molecule has 0 radical (unpaired) electrons. The van der Waals surface area contributed by atoms with E-state index in [2.05, 4.69) is 10.3 Å². The molecule has 0 aliphatic carbocycles. The van der Waals surface area contributed by atoms with Gasteiger partial charge in [0.2, 0.25) is 5.39 Å². The van der Waals surface area contributed by atoms with Gasteiger partial charge >= 0.3 is 5.69 Å². The van der Waals surface area contributed by atoms with E-state index in [1.54, 1.807) is 12.1 Å². The van der Waals surface area contributed by atoms with Gasteiger partial charge in [-0.3, -0.25) is 0 Å². The largest absolute Gasteiger partial charge is 1.00 e. The van der Waals surface area contributed by atoms with Crippen LogP contribution in [0.4, 0.5) is 11.4 Å². The van der Waals surface area contributed by atoms with Crippen LogP contribution in [0.15, 0.2) is 24.3 Å². The highest BCUT2D eigenvalue weighted by molar-refractivity contribution is 5.53. The molecular weight excluding hydrogens is 162 g/mol. The molecule has 1 rings (SSSR count). The molecule has 0 amide bonds. The van der Waals surface area contributed by atoms with E-state index >= 15 is 0 Å². The maximum Gasteiger partial charge on any atom is 0.385 e. The number of hydrogen-bond donors (Lipinski definition) is 1. The Balaban J connectivity index is 0.000001000. The van der Waals surface area contributed by atoms with E-state index in [-0.39, 0.29) is 12.4 Å². The average Bonchev–Trinajstić information content (AvgIpc) is 2.05. The summed E-state index contributed by atoms with van der Waals surface area (Å²) in [6.45, 7) is 0. The fraction of sp³-hybridized carbons (Fsp3) is 0.143. The molecule has 0 aliphatic rings. The molecule has 0 aliphatic heterocycles. The Hall–Kier alpha value is -1.27. The quantitative estimate of drug-likeness (QED) is 0.561. The lowest BCUT2D eigenvalue weighted by Gasteiger charge is -1.93. The van der Waals surface area contributed by atoms with Crippen LogP contribution < -0.4 is 17.7 Å². The number of rotatable bonds is 1. The van der Waals surface area contributed by atoms with Crippen LogP contribution in [0.3, 0.4) is 0 Å². The second-order valence-corrected chi connectivity index (χ2v) is 1.90. The van der Waals surface area contributed by atoms with E-state index < -0.39 is 0 Å². The molecule has 1 aromatic carbocycles. The van der Waals surface area contributed by atoms with Crippen molar-refractivity contribution >= 4 is 11.4 Å². The van der Waals surface area contributed by atoms with Crippen LogP contribution in [0.25, 0.3) is 4.98 Å². The summed E-state index contributed by atoms with van der Waals surface area (Å²) in [5, 5.41) is 11.3. The van der Waals surface area contributed by atoms with Crippen molar-refractivity contribution in [2.24, 2.45) is 0 Å². The van der Waals surface area contributed by atoms with Gasteiger partial charge in [0.25, 0.3) is 0 Å². The maximum absolute atomic E-state index is 8.31. The van der Waals surface area contributed by atoms with Crippen molar-refractivity contribution in [3.05, 3.63) is 29.2 Å². The monoisotopic (exact) mass is 169 g/mol. The van der Waals surface area contributed by atoms with E-state index in [4.69, 9.17) is 5.39 Å². The lowest BCUT2D eigenvalue weighted by molar-refractivity contribution is -0.00000228. The Bertz CT molecular complexity index is 249. The standard InChI is InChI=1S/C7H8N3.ClH/c1-9-6-2-4-7(10-8)5-3-6;/h2-5,9H,1H3;1H/q+1;/p-1. The number of anilines is 1. The molecule has 0 saturated heterocycles. The Labute approximate surface area is 71.5 Å². The topological polar surface area (TPSA) is 40.2 Å². The fourth-order valence-corrected chi connectivity index (χ4v) is 0.695. The van der Waals surface area contributed by atoms with Crippen molar-refractivity contribution in [3.63, 3.8) is 0 Å². The molecule has 0 saturated carbocycles. The SMILES string of the molecule is CNc1ccc([N+]#N)cc1.[Cl-]. The Morgan fingerprint density at radius 1 is 1.27 bits per heavy atom. The zero-order chi connectivity index (χ0) is 7.40. The van der Waals surface area contributed by atoms with Crippen molar-refractivity contribution in [2.45, 2.75) is 0 Å². The first-order valence-corrected chi connectivity index (χ1v) is 2.99. The van der Waals surface area contributed by atoms with Crippen LogP contribution in [0.2, 0.25) is 0 Å². The number of halogens is 1. The van der Waals surface area contributed by atoms with Gasteiger partial charge in [0.15, 0.2) is 4.98 Å². The summed E-state index contributed by atoms with van der Waals surface area (Å²) in [6, 6.07) is 7.14. The molecule has 0 spiro atoms. The third-order valence-corrected chi connectivity index (χ3v) is 1.27. The first-order valence-electron chi connectivity index (χ1n) is 2.99. The Morgan fingerprint density at radius 2 is 1.82 bits per heavy atom. The molecule has 0 heterocycles. The van der Waals surface area contributed by atoms with Gasteiger partial charge in [0, 0.05) is 24.9 Å². The zero-order valence-corrected chi connectivity index (χ0v) is 6.84. The van der Waals surface area contributed by atoms with Gasteiger partial charge in [-0.05, 0) is 12.1 Å². The Morgan fingerprint density at radius 3 is 2.18 bits per heavy atom. The van der Waals surface area contributed by atoms with Crippen LogP contribution in [0, 0.1) is 5.39 Å². The van der Waals surface area contributed by atoms with E-state index in [1.165, 1.54) is 0 Å². The fourth-order valence-electron chi connectivity index (χ4n) is 0.695. The van der Waals surface area contributed by atoms with Crippen molar-refractivity contribution in [1.82, 2.24) is 0 Å². The molecule has 4 heteroatoms. The van der Waals surface area contributed by atoms with E-state index in [0.29, 0.717) is 5.69 Å². The van der Waals surface area contributed by atoms with Gasteiger partial charge in [-0.2, -0.15) is 0 Å². The number of diazo groups is 1. The average molecular weight is 170 g/mol. The molecule has 3 nitrogen and oxygen atoms in total. The lowest BCUT2D eigenvalue weighted by atomic mass is 10.3. The smallest absolute Gasteiger partial charge is 0.385 e. The predicted octanol–water partition coefficient (Wildman–Crippen LogP) is -0.783. The number of hydrogen-bond acceptors (Lipinski definition) is 2. The van der Waals surface area contributed by atoms with Crippen molar-refractivity contribution in [2.75, 3.05) is 12.4 Å². The molecule has 11 heavy (non-hydrogen) atoms. The normalized spacial score (nSPS) is 7.64. The molecule has 0 atom stereocenters. The summed E-state index contributed by atoms with van der Waals surface area (Å²) in [4.78, 5) is 3.02. The third-order valence-electron chi connectivity index (χ3n) is 1.27. The molecule has 0 aromatic heterocycles. The van der Waals surface area contributed by atoms with Crippen molar-refractivity contribution in [1.29, 1.82) is 5.39 Å². The second kappa shape index (κ2) is 4.53. The molecule has 1 N–H and O–H groups in total. The molecular formula is C7H8ClN3. The first kappa shape index (κ1) is 9.73. The zero-order valence-electron chi connectivity index (χ0n) is 6.08. The van der Waals surface area contributed by atoms with Crippen molar-refractivity contribution < 1.29 is 12.4 Å². The van der Waals surface area contributed by atoms with Crippen LogP contribution in [0.5, 0.6) is 0 Å². The summed E-state index contributed by atoms with van der Waals surface area (Å²) in [5.74, 6) is 0. The van der Waals surface area contributed by atoms with Gasteiger partial charge in [0.1, 0.15) is 0 Å². The summed E-state index contributed by atoms with van der Waals surface area (Å²) in [5.41, 5.74) is 1.58.